The van der Waals surface area contributed by atoms with Crippen molar-refractivity contribution < 1.29 is 117 Å². The van der Waals surface area contributed by atoms with Gasteiger partial charge in [-0.05, 0) is 12.1 Å². The Hall–Kier alpha value is -2.26. The zero-order valence-corrected chi connectivity index (χ0v) is 22.6. The molecule has 0 bridgehead atoms. The van der Waals surface area contributed by atoms with Crippen molar-refractivity contribution in [3.63, 3.8) is 0 Å². The van der Waals surface area contributed by atoms with Crippen LogP contribution in [0.5, 0.6) is 0 Å². The SMILES string of the molecule is [O]=[Cr](=[O])([O-])[O][Cr](=[O])(=[O])[O-].[O]=[Cr](=[O])([OH])[O][Cr](=[O])(=[O])[OH].c1cc[nH+]cc1.c1cc[nH+]cc1.c1ccncc1. The zero-order valence-electron chi connectivity index (χ0n) is 17.5. The van der Waals surface area contributed by atoms with Crippen LogP contribution in [0, 0.1) is 0 Å². The normalized spacial score (nSPS) is 10.8. The minimum Gasteiger partial charge on any atom is -0.265 e. The number of pyridine rings is 3. The molecule has 4 N–H and O–H groups in total. The van der Waals surface area contributed by atoms with E-state index in [1.54, 1.807) is 12.4 Å². The maximum atomic E-state index is 9.53. The molecule has 202 valence electrons. The fraction of sp³-hybridized carbons (Fsp3) is 0. The molecular weight excluding hydrogens is 654 g/mol. The standard InChI is InChI=1S/3C5H5N.4Cr.2H2O.12O/c3*1-2-4-6-5-3-1;;;;;;;;;;;;;;;;;;/h3*1-5H;;;;;2*1H2;;;;;;;;;;;;/q;;;;;2*+1;;;;;;;;;;;;;2*-1. The Morgan fingerprint density at radius 2 is 0.833 bits per heavy atom. The Balaban J connectivity index is 0. The molecule has 0 aromatic carbocycles. The van der Waals surface area contributed by atoms with Crippen LogP contribution in [0.3, 0.4) is 0 Å². The Bertz CT molecular complexity index is 1080. The van der Waals surface area contributed by atoms with Gasteiger partial charge in [0.2, 0.25) is 0 Å². The van der Waals surface area contributed by atoms with Gasteiger partial charge in [-0.25, -0.2) is 9.97 Å². The van der Waals surface area contributed by atoms with Crippen LogP contribution in [0.4, 0.5) is 0 Å². The number of H-pyrrole nitrogens is 2. The summed E-state index contributed by atoms with van der Waals surface area (Å²) in [4.78, 5) is 9.57. The molecule has 0 aliphatic rings. The third-order valence-corrected chi connectivity index (χ3v) is 7.54. The predicted molar refractivity (Wildman–Crippen MR) is 82.3 cm³/mol. The second-order valence-electron chi connectivity index (χ2n) is 4.99. The van der Waals surface area contributed by atoms with Gasteiger partial charge < -0.3 is 0 Å². The topological polar surface area (TPSA) is 283 Å². The molecule has 17 nitrogen and oxygen atoms in total. The van der Waals surface area contributed by atoms with Gasteiger partial charge in [-0.3, -0.25) is 4.98 Å². The van der Waals surface area contributed by atoms with Crippen molar-refractivity contribution in [2.75, 3.05) is 0 Å². The van der Waals surface area contributed by atoms with E-state index in [4.69, 9.17) is 8.32 Å². The van der Waals surface area contributed by atoms with E-state index in [0.717, 1.165) is 0 Å². The minimum atomic E-state index is -6.07. The molecule has 3 aromatic heterocycles. The van der Waals surface area contributed by atoms with Crippen molar-refractivity contribution in [3.05, 3.63) is 91.8 Å². The number of aromatic nitrogens is 3. The fourth-order valence-corrected chi connectivity index (χ4v) is 4.58. The summed E-state index contributed by atoms with van der Waals surface area (Å²) in [6, 6.07) is 17.4. The molecule has 0 aliphatic carbocycles. The Labute approximate surface area is 213 Å². The molecule has 36 heavy (non-hydrogen) atoms. The third-order valence-electron chi connectivity index (χ3n) is 2.12. The summed E-state index contributed by atoms with van der Waals surface area (Å²) < 4.78 is 115. The Morgan fingerprint density at radius 3 is 0.889 bits per heavy atom. The van der Waals surface area contributed by atoms with E-state index in [0.29, 0.717) is 0 Å². The molecule has 0 aliphatic heterocycles. The zero-order chi connectivity index (χ0) is 28.1. The van der Waals surface area contributed by atoms with Gasteiger partial charge in [0.25, 0.3) is 0 Å². The molecule has 0 fully saturated rings. The molecule has 3 heterocycles. The van der Waals surface area contributed by atoms with E-state index in [1.807, 2.05) is 79.4 Å². The van der Waals surface area contributed by atoms with Crippen LogP contribution < -0.4 is 18.3 Å². The number of hydrogen-bond donors (Lipinski definition) is 2. The number of aromatic amines is 2. The van der Waals surface area contributed by atoms with Gasteiger partial charge in [0.05, 0.1) is 0 Å². The van der Waals surface area contributed by atoms with E-state index in [1.165, 1.54) is 0 Å². The van der Waals surface area contributed by atoms with Crippen LogP contribution in [0.1, 0.15) is 0 Å². The molecule has 3 aromatic rings. The number of nitrogens with one attached hydrogen (secondary N) is 2. The number of hydrogen-bond acceptors (Lipinski definition) is 13. The maximum Gasteiger partial charge on any atom is 0.166 e. The fourth-order valence-electron chi connectivity index (χ4n) is 1.21. The van der Waals surface area contributed by atoms with Crippen LogP contribution in [-0.4, -0.2) is 13.3 Å². The largest absolute Gasteiger partial charge is 0.265 e. The first-order chi connectivity index (χ1) is 16.4. The second kappa shape index (κ2) is 18.9. The van der Waals surface area contributed by atoms with Crippen molar-refractivity contribution >= 4 is 0 Å². The van der Waals surface area contributed by atoms with E-state index in [9.17, 15) is 38.7 Å². The van der Waals surface area contributed by atoms with Gasteiger partial charge in [0.15, 0.2) is 24.8 Å². The number of rotatable bonds is 4. The van der Waals surface area contributed by atoms with Gasteiger partial charge in [0.1, 0.15) is 0 Å². The summed E-state index contributed by atoms with van der Waals surface area (Å²) in [5, 5.41) is 0. The van der Waals surface area contributed by atoms with Crippen molar-refractivity contribution in [2.45, 2.75) is 0 Å². The van der Waals surface area contributed by atoms with Gasteiger partial charge in [-0.1, -0.05) is 18.2 Å². The Morgan fingerprint density at radius 1 is 0.528 bits per heavy atom. The summed E-state index contributed by atoms with van der Waals surface area (Å²) in [6.07, 6.45) is 11.0. The average Bonchev–Trinajstić information content (AvgIpc) is 2.74. The minimum absolute atomic E-state index is 1.75. The quantitative estimate of drug-likeness (QED) is 0.289. The molecule has 0 atom stereocenters. The Kier molecular flexibility index (Phi) is 18.9. The summed E-state index contributed by atoms with van der Waals surface area (Å²) in [5.74, 6) is 0. The van der Waals surface area contributed by atoms with E-state index >= 15 is 0 Å². The average molecular weight is 673 g/mol. The first kappa shape index (κ1) is 35.9. The van der Waals surface area contributed by atoms with Crippen LogP contribution in [0.15, 0.2) is 91.8 Å². The summed E-state index contributed by atoms with van der Waals surface area (Å²) in [5.41, 5.74) is 0. The molecule has 0 saturated carbocycles. The van der Waals surface area contributed by atoms with Crippen LogP contribution in [-0.2, 0) is 90.6 Å². The number of nitrogens with zero attached hydrogens (tertiary/aromatic N) is 1. The van der Waals surface area contributed by atoms with Gasteiger partial charge in [-0.15, -0.1) is 0 Å². The molecule has 21 heteroatoms. The first-order valence-electron chi connectivity index (χ1n) is 8.37. The molecule has 0 amide bonds. The van der Waals surface area contributed by atoms with Crippen LogP contribution >= 0.6 is 0 Å². The first-order valence-corrected chi connectivity index (χ1v) is 16.8. The molecule has 3 rings (SSSR count). The van der Waals surface area contributed by atoms with Gasteiger partial charge >= 0.3 is 107 Å². The van der Waals surface area contributed by atoms with E-state index < -0.39 is 54.5 Å². The van der Waals surface area contributed by atoms with E-state index in [-0.39, 0.29) is 0 Å². The van der Waals surface area contributed by atoms with Crippen LogP contribution in [0.25, 0.3) is 0 Å². The van der Waals surface area contributed by atoms with Crippen molar-refractivity contribution in [1.29, 1.82) is 0 Å². The summed E-state index contributed by atoms with van der Waals surface area (Å²) in [7, 11) is 0. The van der Waals surface area contributed by atoms with Crippen LogP contribution in [0.2, 0.25) is 0 Å². The maximum absolute atomic E-state index is 9.53. The van der Waals surface area contributed by atoms with Gasteiger partial charge in [-0.2, -0.15) is 0 Å². The molecule has 0 radical (unpaired) electrons. The predicted octanol–water partition coefficient (Wildman–Crippen LogP) is -2.51. The van der Waals surface area contributed by atoms with E-state index in [2.05, 4.69) is 20.6 Å². The molecule has 0 saturated heterocycles. The molecule has 0 spiro atoms. The summed E-state index contributed by atoms with van der Waals surface area (Å²) >= 11 is -23.7. The summed E-state index contributed by atoms with van der Waals surface area (Å²) in [6.45, 7) is 0. The molecular formula is C15H19Cr4N3O14. The van der Waals surface area contributed by atoms with Crippen molar-refractivity contribution in [1.82, 2.24) is 4.98 Å². The van der Waals surface area contributed by atoms with Crippen molar-refractivity contribution in [2.24, 2.45) is 0 Å². The monoisotopic (exact) mass is 673 g/mol. The second-order valence-corrected chi connectivity index (χ2v) is 12.4. The molecule has 0 unspecified atom stereocenters. The third kappa shape index (κ3) is 39.0. The van der Waals surface area contributed by atoms with Crippen molar-refractivity contribution in [3.8, 4) is 0 Å². The smallest absolute Gasteiger partial charge is 0.166 e. The van der Waals surface area contributed by atoms with Gasteiger partial charge in [0, 0.05) is 36.7 Å².